The zero-order valence-corrected chi connectivity index (χ0v) is 10.8. The van der Waals surface area contributed by atoms with E-state index in [4.69, 9.17) is 0 Å². The van der Waals surface area contributed by atoms with E-state index >= 15 is 0 Å². The predicted molar refractivity (Wildman–Crippen MR) is 67.0 cm³/mol. The summed E-state index contributed by atoms with van der Waals surface area (Å²) in [6.45, 7) is 4.85. The van der Waals surface area contributed by atoms with Crippen molar-refractivity contribution in [2.75, 3.05) is 6.26 Å². The molecule has 0 spiro atoms. The molecule has 0 aliphatic carbocycles. The number of hydrogen-bond donors (Lipinski definition) is 1. The van der Waals surface area contributed by atoms with Crippen molar-refractivity contribution in [2.24, 2.45) is 0 Å². The van der Waals surface area contributed by atoms with Gasteiger partial charge in [-0.15, -0.1) is 0 Å². The van der Waals surface area contributed by atoms with Crippen LogP contribution in [0.4, 0.5) is 0 Å². The van der Waals surface area contributed by atoms with Crippen molar-refractivity contribution >= 4 is 9.84 Å². The topological polar surface area (TPSA) is 46.2 Å². The summed E-state index contributed by atoms with van der Waals surface area (Å²) in [5.41, 5.74) is 1.94. The van der Waals surface area contributed by atoms with E-state index in [2.05, 4.69) is 19.2 Å². The highest BCUT2D eigenvalue weighted by molar-refractivity contribution is 7.89. The normalized spacial score (nSPS) is 12.0. The monoisotopic (exact) mass is 241 g/mol. The van der Waals surface area contributed by atoms with E-state index < -0.39 is 9.84 Å². The second-order valence-electron chi connectivity index (χ2n) is 4.37. The molecule has 0 aliphatic rings. The highest BCUT2D eigenvalue weighted by atomic mass is 32.2. The van der Waals surface area contributed by atoms with Crippen LogP contribution in [0.1, 0.15) is 25.0 Å². The Bertz CT molecular complexity index is 438. The van der Waals surface area contributed by atoms with Gasteiger partial charge in [0.15, 0.2) is 9.84 Å². The van der Waals surface area contributed by atoms with Crippen LogP contribution in [0.15, 0.2) is 24.3 Å². The summed E-state index contributed by atoms with van der Waals surface area (Å²) in [7, 11) is -2.97. The lowest BCUT2D eigenvalue weighted by atomic mass is 10.1. The maximum Gasteiger partial charge on any atom is 0.151 e. The largest absolute Gasteiger partial charge is 0.310 e. The average Bonchev–Trinajstić information content (AvgIpc) is 2.14. The summed E-state index contributed by atoms with van der Waals surface area (Å²) >= 11 is 0. The fourth-order valence-corrected chi connectivity index (χ4v) is 2.31. The molecule has 0 saturated carbocycles. The van der Waals surface area contributed by atoms with Crippen molar-refractivity contribution in [1.29, 1.82) is 0 Å². The lowest BCUT2D eigenvalue weighted by Crippen LogP contribution is -2.22. The molecule has 1 aromatic carbocycles. The highest BCUT2D eigenvalue weighted by Crippen LogP contribution is 2.12. The highest BCUT2D eigenvalue weighted by Gasteiger charge is 2.08. The maximum atomic E-state index is 11.3. The first-order chi connectivity index (χ1) is 7.38. The van der Waals surface area contributed by atoms with Crippen molar-refractivity contribution in [2.45, 2.75) is 32.2 Å². The summed E-state index contributed by atoms with van der Waals surface area (Å²) in [6.07, 6.45) is 1.26. The second kappa shape index (κ2) is 5.46. The molecule has 1 aromatic rings. The van der Waals surface area contributed by atoms with Gasteiger partial charge in [0.2, 0.25) is 0 Å². The van der Waals surface area contributed by atoms with E-state index in [0.717, 1.165) is 11.1 Å². The molecule has 0 saturated heterocycles. The van der Waals surface area contributed by atoms with Gasteiger partial charge in [-0.25, -0.2) is 8.42 Å². The van der Waals surface area contributed by atoms with Gasteiger partial charge in [-0.05, 0) is 11.1 Å². The number of hydrogen-bond acceptors (Lipinski definition) is 3. The summed E-state index contributed by atoms with van der Waals surface area (Å²) in [4.78, 5) is 0. The molecule has 90 valence electrons. The fraction of sp³-hybridized carbons (Fsp3) is 0.500. The van der Waals surface area contributed by atoms with Crippen LogP contribution in [0, 0.1) is 0 Å². The minimum absolute atomic E-state index is 0.114. The van der Waals surface area contributed by atoms with E-state index in [0.29, 0.717) is 12.6 Å². The van der Waals surface area contributed by atoms with Gasteiger partial charge in [-0.2, -0.15) is 0 Å². The van der Waals surface area contributed by atoms with Gasteiger partial charge in [0.1, 0.15) is 0 Å². The van der Waals surface area contributed by atoms with Gasteiger partial charge in [0.25, 0.3) is 0 Å². The second-order valence-corrected chi connectivity index (χ2v) is 6.51. The van der Waals surface area contributed by atoms with Gasteiger partial charge >= 0.3 is 0 Å². The summed E-state index contributed by atoms with van der Waals surface area (Å²) in [6, 6.07) is 8.04. The lowest BCUT2D eigenvalue weighted by molar-refractivity contribution is 0.585. The van der Waals surface area contributed by atoms with E-state index in [1.54, 1.807) is 0 Å². The number of rotatable bonds is 5. The Morgan fingerprint density at radius 1 is 1.19 bits per heavy atom. The van der Waals surface area contributed by atoms with E-state index in [9.17, 15) is 8.42 Å². The van der Waals surface area contributed by atoms with Crippen molar-refractivity contribution in [1.82, 2.24) is 5.32 Å². The molecule has 3 nitrogen and oxygen atoms in total. The zero-order chi connectivity index (χ0) is 12.2. The molecule has 0 unspecified atom stereocenters. The van der Waals surface area contributed by atoms with Crippen molar-refractivity contribution < 1.29 is 8.42 Å². The number of benzene rings is 1. The van der Waals surface area contributed by atoms with Gasteiger partial charge in [-0.3, -0.25) is 0 Å². The zero-order valence-electron chi connectivity index (χ0n) is 10.0. The minimum atomic E-state index is -2.97. The Morgan fingerprint density at radius 3 is 2.25 bits per heavy atom. The van der Waals surface area contributed by atoms with E-state index in [-0.39, 0.29) is 5.75 Å². The van der Waals surface area contributed by atoms with Gasteiger partial charge in [-0.1, -0.05) is 38.1 Å². The predicted octanol–water partition coefficient (Wildman–Crippen LogP) is 1.73. The number of sulfone groups is 1. The van der Waals surface area contributed by atoms with E-state index in [1.165, 1.54) is 6.26 Å². The van der Waals surface area contributed by atoms with Gasteiger partial charge in [0, 0.05) is 18.8 Å². The Labute approximate surface area is 97.8 Å². The molecule has 0 bridgehead atoms. The van der Waals surface area contributed by atoms with Crippen LogP contribution in [0.2, 0.25) is 0 Å². The fourth-order valence-electron chi connectivity index (χ4n) is 1.47. The standard InChI is InChI=1S/C12H19NO2S/c1-10(2)13-8-11-6-4-5-7-12(11)9-16(3,14)15/h4-7,10,13H,8-9H2,1-3H3. The average molecular weight is 241 g/mol. The third-order valence-corrected chi connectivity index (χ3v) is 3.07. The molecular weight excluding hydrogens is 222 g/mol. The summed E-state index contributed by atoms with van der Waals surface area (Å²) < 4.78 is 22.5. The van der Waals surface area contributed by atoms with E-state index in [1.807, 2.05) is 24.3 Å². The van der Waals surface area contributed by atoms with Gasteiger partial charge < -0.3 is 5.32 Å². The van der Waals surface area contributed by atoms with Crippen molar-refractivity contribution in [3.8, 4) is 0 Å². The molecule has 1 rings (SSSR count). The maximum absolute atomic E-state index is 11.3. The molecular formula is C12H19NO2S. The van der Waals surface area contributed by atoms with Crippen LogP contribution >= 0.6 is 0 Å². The molecule has 0 aliphatic heterocycles. The third kappa shape index (κ3) is 4.77. The Morgan fingerprint density at radius 2 is 1.75 bits per heavy atom. The Balaban J connectivity index is 2.83. The van der Waals surface area contributed by atoms with Crippen LogP contribution in [-0.4, -0.2) is 20.7 Å². The molecule has 0 atom stereocenters. The minimum Gasteiger partial charge on any atom is -0.310 e. The first-order valence-corrected chi connectivity index (χ1v) is 7.42. The lowest BCUT2D eigenvalue weighted by Gasteiger charge is -2.11. The first-order valence-electron chi connectivity index (χ1n) is 5.36. The smallest absolute Gasteiger partial charge is 0.151 e. The molecule has 0 heterocycles. The molecule has 16 heavy (non-hydrogen) atoms. The van der Waals surface area contributed by atoms with Crippen LogP contribution in [0.5, 0.6) is 0 Å². The molecule has 0 amide bonds. The summed E-state index contributed by atoms with van der Waals surface area (Å²) in [5.74, 6) is 0.114. The van der Waals surface area contributed by atoms with Crippen LogP contribution in [0.25, 0.3) is 0 Å². The van der Waals surface area contributed by atoms with Crippen molar-refractivity contribution in [3.63, 3.8) is 0 Å². The quantitative estimate of drug-likeness (QED) is 0.854. The molecule has 0 aromatic heterocycles. The molecule has 1 N–H and O–H groups in total. The number of nitrogens with one attached hydrogen (secondary N) is 1. The third-order valence-electron chi connectivity index (χ3n) is 2.24. The van der Waals surface area contributed by atoms with Gasteiger partial charge in [0.05, 0.1) is 5.75 Å². The first kappa shape index (κ1) is 13.2. The molecule has 0 fully saturated rings. The Hall–Kier alpha value is -0.870. The summed E-state index contributed by atoms with van der Waals surface area (Å²) in [5, 5.41) is 3.29. The molecule has 0 radical (unpaired) electrons. The SMILES string of the molecule is CC(C)NCc1ccccc1CS(C)(=O)=O. The Kier molecular flexibility index (Phi) is 4.50. The van der Waals surface area contributed by atoms with Crippen LogP contribution in [-0.2, 0) is 22.1 Å². The van der Waals surface area contributed by atoms with Crippen LogP contribution < -0.4 is 5.32 Å². The van der Waals surface area contributed by atoms with Crippen molar-refractivity contribution in [3.05, 3.63) is 35.4 Å². The molecule has 4 heteroatoms. The van der Waals surface area contributed by atoms with Crippen LogP contribution in [0.3, 0.4) is 0 Å².